The third kappa shape index (κ3) is 1.34. The van der Waals surface area contributed by atoms with Gasteiger partial charge in [-0.1, -0.05) is 0 Å². The van der Waals surface area contributed by atoms with Crippen LogP contribution < -0.4 is 4.74 Å². The van der Waals surface area contributed by atoms with Crippen molar-refractivity contribution in [2.75, 3.05) is 7.11 Å². The first-order chi connectivity index (χ1) is 5.79. The third-order valence-electron chi connectivity index (χ3n) is 1.70. The van der Waals surface area contributed by atoms with Crippen LogP contribution in [0.15, 0.2) is 28.1 Å². The Kier molecular flexibility index (Phi) is 2.07. The summed E-state index contributed by atoms with van der Waals surface area (Å²) in [7, 11) is 1.68. The second-order valence-corrected chi connectivity index (χ2v) is 4.92. The number of ether oxygens (including phenoxy) is 1. The van der Waals surface area contributed by atoms with Gasteiger partial charge in [-0.15, -0.1) is 11.3 Å². The molecule has 2 rings (SSSR count). The fraction of sp³-hybridized carbons (Fsp3) is 0.111. The summed E-state index contributed by atoms with van der Waals surface area (Å²) < 4.78 is 7.53. The zero-order chi connectivity index (χ0) is 8.55. The first-order valence-corrected chi connectivity index (χ1v) is 5.13. The lowest BCUT2D eigenvalue weighted by Gasteiger charge is -1.97. The minimum atomic E-state index is 0.914. The van der Waals surface area contributed by atoms with Gasteiger partial charge in [0.2, 0.25) is 0 Å². The van der Waals surface area contributed by atoms with Crippen molar-refractivity contribution in [3.8, 4) is 5.75 Å². The van der Waals surface area contributed by atoms with Crippen molar-refractivity contribution in [2.24, 2.45) is 0 Å². The molecule has 0 spiro atoms. The van der Waals surface area contributed by atoms with E-state index in [1.54, 1.807) is 18.4 Å². The van der Waals surface area contributed by atoms with Crippen LogP contribution in [-0.2, 0) is 0 Å². The normalized spacial score (nSPS) is 10.5. The molecule has 0 fully saturated rings. The predicted molar refractivity (Wildman–Crippen MR) is 56.1 cm³/mol. The lowest BCUT2D eigenvalue weighted by Crippen LogP contribution is -1.79. The van der Waals surface area contributed by atoms with E-state index in [1.165, 1.54) is 10.1 Å². The van der Waals surface area contributed by atoms with Gasteiger partial charge in [0.25, 0.3) is 0 Å². The number of methoxy groups -OCH3 is 1. The van der Waals surface area contributed by atoms with Gasteiger partial charge in [0.1, 0.15) is 5.75 Å². The Bertz CT molecular complexity index is 408. The standard InChI is InChI=1S/C9H7BrOS/c1-11-7-3-2-6-4-9(10)12-8(6)5-7/h2-5H,1H3. The molecule has 0 saturated carbocycles. The zero-order valence-electron chi connectivity index (χ0n) is 6.50. The number of rotatable bonds is 1. The van der Waals surface area contributed by atoms with Gasteiger partial charge in [-0.25, -0.2) is 0 Å². The van der Waals surface area contributed by atoms with Gasteiger partial charge in [0, 0.05) is 4.70 Å². The summed E-state index contributed by atoms with van der Waals surface area (Å²) in [5.74, 6) is 0.914. The van der Waals surface area contributed by atoms with Crippen molar-refractivity contribution in [3.63, 3.8) is 0 Å². The highest BCUT2D eigenvalue weighted by molar-refractivity contribution is 9.11. The Morgan fingerprint density at radius 2 is 2.17 bits per heavy atom. The van der Waals surface area contributed by atoms with Crippen LogP contribution in [0.5, 0.6) is 5.75 Å². The largest absolute Gasteiger partial charge is 0.497 e. The van der Waals surface area contributed by atoms with Gasteiger partial charge in [0.15, 0.2) is 0 Å². The molecule has 0 aliphatic heterocycles. The molecule has 3 heteroatoms. The number of fused-ring (bicyclic) bond motifs is 1. The van der Waals surface area contributed by atoms with Gasteiger partial charge in [-0.3, -0.25) is 0 Å². The molecule has 0 N–H and O–H groups in total. The molecule has 0 atom stereocenters. The molecular formula is C9H7BrOS. The predicted octanol–water partition coefficient (Wildman–Crippen LogP) is 3.67. The van der Waals surface area contributed by atoms with Crippen molar-refractivity contribution < 1.29 is 4.74 Å². The molecule has 0 unspecified atom stereocenters. The summed E-state index contributed by atoms with van der Waals surface area (Å²) in [5.41, 5.74) is 0. The van der Waals surface area contributed by atoms with Crippen LogP contribution in [0.25, 0.3) is 10.1 Å². The number of hydrogen-bond donors (Lipinski definition) is 0. The van der Waals surface area contributed by atoms with Crippen LogP contribution in [0, 0.1) is 0 Å². The Hall–Kier alpha value is -0.540. The number of benzene rings is 1. The van der Waals surface area contributed by atoms with Gasteiger partial charge < -0.3 is 4.74 Å². The van der Waals surface area contributed by atoms with E-state index in [9.17, 15) is 0 Å². The van der Waals surface area contributed by atoms with Crippen molar-refractivity contribution in [1.82, 2.24) is 0 Å². The highest BCUT2D eigenvalue weighted by atomic mass is 79.9. The van der Waals surface area contributed by atoms with Crippen molar-refractivity contribution in [1.29, 1.82) is 0 Å². The fourth-order valence-electron chi connectivity index (χ4n) is 1.11. The van der Waals surface area contributed by atoms with E-state index >= 15 is 0 Å². The molecule has 2 aromatic rings. The molecule has 0 bridgehead atoms. The lowest BCUT2D eigenvalue weighted by molar-refractivity contribution is 0.415. The average Bonchev–Trinajstić information content (AvgIpc) is 2.43. The van der Waals surface area contributed by atoms with Gasteiger partial charge in [-0.2, -0.15) is 0 Å². The summed E-state index contributed by atoms with van der Waals surface area (Å²) in [5, 5.41) is 1.26. The topological polar surface area (TPSA) is 9.23 Å². The van der Waals surface area contributed by atoms with Gasteiger partial charge in [0.05, 0.1) is 10.9 Å². The molecule has 1 aromatic carbocycles. The molecule has 12 heavy (non-hydrogen) atoms. The Labute approximate surface area is 83.1 Å². The molecule has 62 valence electrons. The van der Waals surface area contributed by atoms with E-state index in [4.69, 9.17) is 4.74 Å². The van der Waals surface area contributed by atoms with Gasteiger partial charge in [-0.05, 0) is 45.6 Å². The molecule has 1 nitrogen and oxygen atoms in total. The highest BCUT2D eigenvalue weighted by Gasteiger charge is 1.99. The quantitative estimate of drug-likeness (QED) is 0.742. The summed E-state index contributed by atoms with van der Waals surface area (Å²) in [4.78, 5) is 0. The molecule has 0 saturated heterocycles. The molecular weight excluding hydrogens is 236 g/mol. The third-order valence-corrected chi connectivity index (χ3v) is 3.30. The summed E-state index contributed by atoms with van der Waals surface area (Å²) in [6.07, 6.45) is 0. The van der Waals surface area contributed by atoms with E-state index in [0.29, 0.717) is 0 Å². The molecule has 1 heterocycles. The lowest BCUT2D eigenvalue weighted by atomic mass is 10.2. The van der Waals surface area contributed by atoms with Crippen LogP contribution in [-0.4, -0.2) is 7.11 Å². The molecule has 0 radical (unpaired) electrons. The van der Waals surface area contributed by atoms with Crippen molar-refractivity contribution in [3.05, 3.63) is 28.1 Å². The minimum Gasteiger partial charge on any atom is -0.497 e. The number of hydrogen-bond acceptors (Lipinski definition) is 2. The first kappa shape index (κ1) is 8.08. The average molecular weight is 243 g/mol. The maximum absolute atomic E-state index is 5.12. The SMILES string of the molecule is COc1ccc2cc(Br)sc2c1. The molecule has 0 aliphatic carbocycles. The maximum atomic E-state index is 5.12. The number of halogens is 1. The Balaban J connectivity index is 2.66. The Morgan fingerprint density at radius 3 is 2.92 bits per heavy atom. The minimum absolute atomic E-state index is 0.914. The number of thiophene rings is 1. The van der Waals surface area contributed by atoms with E-state index in [-0.39, 0.29) is 0 Å². The van der Waals surface area contributed by atoms with Crippen molar-refractivity contribution in [2.45, 2.75) is 0 Å². The molecule has 0 aliphatic rings. The molecule has 0 amide bonds. The smallest absolute Gasteiger partial charge is 0.120 e. The second kappa shape index (κ2) is 3.07. The van der Waals surface area contributed by atoms with E-state index in [2.05, 4.69) is 28.1 Å². The van der Waals surface area contributed by atoms with E-state index < -0.39 is 0 Å². The maximum Gasteiger partial charge on any atom is 0.120 e. The van der Waals surface area contributed by atoms with Crippen LogP contribution >= 0.6 is 27.3 Å². The van der Waals surface area contributed by atoms with Crippen LogP contribution in [0.2, 0.25) is 0 Å². The highest BCUT2D eigenvalue weighted by Crippen LogP contribution is 2.31. The van der Waals surface area contributed by atoms with Crippen LogP contribution in [0.3, 0.4) is 0 Å². The Morgan fingerprint density at radius 1 is 1.33 bits per heavy atom. The van der Waals surface area contributed by atoms with Crippen LogP contribution in [0.4, 0.5) is 0 Å². The monoisotopic (exact) mass is 242 g/mol. The van der Waals surface area contributed by atoms with Crippen LogP contribution in [0.1, 0.15) is 0 Å². The zero-order valence-corrected chi connectivity index (χ0v) is 8.91. The first-order valence-electron chi connectivity index (χ1n) is 3.52. The van der Waals surface area contributed by atoms with E-state index in [0.717, 1.165) is 9.54 Å². The summed E-state index contributed by atoms with van der Waals surface area (Å²) in [6.45, 7) is 0. The summed E-state index contributed by atoms with van der Waals surface area (Å²) >= 11 is 5.17. The molecule has 1 aromatic heterocycles. The van der Waals surface area contributed by atoms with Crippen molar-refractivity contribution >= 4 is 37.4 Å². The fourth-order valence-corrected chi connectivity index (χ4v) is 2.69. The van der Waals surface area contributed by atoms with Gasteiger partial charge >= 0.3 is 0 Å². The summed E-state index contributed by atoms with van der Waals surface area (Å²) in [6, 6.07) is 8.20. The second-order valence-electron chi connectivity index (χ2n) is 2.45. The van der Waals surface area contributed by atoms with E-state index in [1.807, 2.05) is 12.1 Å².